The zero-order valence-corrected chi connectivity index (χ0v) is 21.6. The molecule has 1 saturated heterocycles. The molecule has 1 aliphatic rings. The molecule has 0 bridgehead atoms. The lowest BCUT2D eigenvalue weighted by molar-refractivity contribution is -0.106. The van der Waals surface area contributed by atoms with Crippen molar-refractivity contribution in [2.75, 3.05) is 38.1 Å². The van der Waals surface area contributed by atoms with Gasteiger partial charge in [0.2, 0.25) is 12.4 Å². The lowest BCUT2D eigenvalue weighted by atomic mass is 10.1. The molecule has 2 aromatic carbocycles. The van der Waals surface area contributed by atoms with Gasteiger partial charge in [-0.05, 0) is 55.1 Å². The highest BCUT2D eigenvalue weighted by Gasteiger charge is 2.16. The molecule has 1 aliphatic heterocycles. The number of amides is 1. The molecule has 0 unspecified atom stereocenters. The van der Waals surface area contributed by atoms with Crippen LogP contribution in [0, 0.1) is 0 Å². The molecule has 10 nitrogen and oxygen atoms in total. The highest BCUT2D eigenvalue weighted by molar-refractivity contribution is 5.88. The number of H-pyrrole nitrogens is 1. The first-order chi connectivity index (χ1) is 19.1. The number of likely N-dealkylation sites (N-methyl/N-ethyl adjacent to an activating group) is 1. The summed E-state index contributed by atoms with van der Waals surface area (Å²) in [6.45, 7) is 5.19. The number of piperazine rings is 1. The van der Waals surface area contributed by atoms with Gasteiger partial charge in [-0.3, -0.25) is 19.6 Å². The number of pyridine rings is 1. The second kappa shape index (κ2) is 11.0. The number of aromatic nitrogens is 5. The van der Waals surface area contributed by atoms with Crippen LogP contribution in [0.3, 0.4) is 0 Å². The molecule has 1 N–H and O–H groups in total. The molecule has 6 rings (SSSR count). The van der Waals surface area contributed by atoms with Gasteiger partial charge in [0.15, 0.2) is 0 Å². The molecule has 0 atom stereocenters. The van der Waals surface area contributed by atoms with Crippen molar-refractivity contribution >= 4 is 29.1 Å². The summed E-state index contributed by atoms with van der Waals surface area (Å²) in [5.74, 6) is 0.978. The van der Waals surface area contributed by atoms with Crippen molar-refractivity contribution in [3.63, 3.8) is 0 Å². The van der Waals surface area contributed by atoms with Crippen LogP contribution in [-0.4, -0.2) is 74.4 Å². The lowest BCUT2D eigenvalue weighted by Gasteiger charge is -2.32. The molecular weight excluding hydrogens is 492 g/mol. The number of fused-ring (bicyclic) bond motifs is 1. The summed E-state index contributed by atoms with van der Waals surface area (Å²) < 4.78 is 5.93. The fourth-order valence-corrected chi connectivity index (χ4v) is 4.58. The number of hydrogen-bond donors (Lipinski definition) is 1. The van der Waals surface area contributed by atoms with Crippen LogP contribution < -0.4 is 9.64 Å². The van der Waals surface area contributed by atoms with E-state index in [0.29, 0.717) is 22.9 Å². The van der Waals surface area contributed by atoms with E-state index in [-0.39, 0.29) is 6.01 Å². The number of carbonyl (C=O) groups is 1. The van der Waals surface area contributed by atoms with Crippen LogP contribution in [-0.2, 0) is 11.3 Å². The monoisotopic (exact) mass is 520 g/mol. The predicted octanol–water partition coefficient (Wildman–Crippen LogP) is 4.25. The van der Waals surface area contributed by atoms with E-state index in [9.17, 15) is 4.79 Å². The largest absolute Gasteiger partial charge is 0.424 e. The number of nitrogens with zero attached hydrogens (tertiary/aromatic N) is 7. The average molecular weight is 521 g/mol. The highest BCUT2D eigenvalue weighted by Crippen LogP contribution is 2.28. The third-order valence-electron chi connectivity index (χ3n) is 6.79. The average Bonchev–Trinajstić information content (AvgIpc) is 3.39. The predicted molar refractivity (Wildman–Crippen MR) is 149 cm³/mol. The minimum absolute atomic E-state index is 0.224. The maximum Gasteiger partial charge on any atom is 0.322 e. The molecule has 0 spiro atoms. The van der Waals surface area contributed by atoms with Crippen LogP contribution in [0.2, 0.25) is 0 Å². The molecule has 0 aliphatic carbocycles. The van der Waals surface area contributed by atoms with E-state index in [1.807, 2.05) is 36.4 Å². The van der Waals surface area contributed by atoms with E-state index in [1.165, 1.54) is 10.5 Å². The summed E-state index contributed by atoms with van der Waals surface area (Å²) >= 11 is 0. The Bertz CT molecular complexity index is 1560. The second-order valence-electron chi connectivity index (χ2n) is 9.53. The molecule has 10 heteroatoms. The fraction of sp³-hybridized carbons (Fsp3) is 0.207. The number of benzene rings is 2. The summed E-state index contributed by atoms with van der Waals surface area (Å²) in [4.78, 5) is 39.1. The first-order valence-electron chi connectivity index (χ1n) is 12.8. The van der Waals surface area contributed by atoms with Gasteiger partial charge in [0.05, 0.1) is 22.4 Å². The number of hydrogen-bond acceptors (Lipinski definition) is 8. The molecule has 1 amide bonds. The first-order valence-corrected chi connectivity index (χ1v) is 12.8. The lowest BCUT2D eigenvalue weighted by Crippen LogP contribution is -2.43. The van der Waals surface area contributed by atoms with Crippen LogP contribution in [0.5, 0.6) is 11.8 Å². The fourth-order valence-electron chi connectivity index (χ4n) is 4.58. The topological polar surface area (TPSA) is 103 Å². The van der Waals surface area contributed by atoms with Gasteiger partial charge in [0, 0.05) is 62.9 Å². The van der Waals surface area contributed by atoms with Crippen molar-refractivity contribution in [3.8, 4) is 23.0 Å². The normalized spacial score (nSPS) is 14.4. The minimum Gasteiger partial charge on any atom is -0.424 e. The van der Waals surface area contributed by atoms with Crippen molar-refractivity contribution in [1.29, 1.82) is 0 Å². The number of imidazole rings is 1. The van der Waals surface area contributed by atoms with E-state index in [0.717, 1.165) is 55.9 Å². The molecule has 3 aromatic heterocycles. The Morgan fingerprint density at radius 2 is 1.85 bits per heavy atom. The molecular formula is C29H28N8O2. The van der Waals surface area contributed by atoms with Crippen LogP contribution in [0.1, 0.15) is 5.56 Å². The smallest absolute Gasteiger partial charge is 0.322 e. The van der Waals surface area contributed by atoms with Crippen LogP contribution in [0.25, 0.3) is 22.3 Å². The van der Waals surface area contributed by atoms with E-state index in [4.69, 9.17) is 4.74 Å². The maximum atomic E-state index is 12.1. The molecule has 39 heavy (non-hydrogen) atoms. The quantitative estimate of drug-likeness (QED) is 0.303. The Morgan fingerprint density at radius 1 is 1.00 bits per heavy atom. The summed E-state index contributed by atoms with van der Waals surface area (Å²) in [6, 6.07) is 19.3. The number of carbonyl (C=O) groups excluding carboxylic acids is 1. The summed E-state index contributed by atoms with van der Waals surface area (Å²) in [6.07, 6.45) is 5.87. The van der Waals surface area contributed by atoms with E-state index < -0.39 is 0 Å². The minimum atomic E-state index is 0.224. The second-order valence-corrected chi connectivity index (χ2v) is 9.53. The van der Waals surface area contributed by atoms with Gasteiger partial charge >= 0.3 is 6.01 Å². The molecule has 0 saturated carbocycles. The molecule has 4 heterocycles. The standard InChI is InChI=1S/C29H28N8O2/c1-35-13-15-36(16-14-35)19-21-4-6-23(7-5-21)37(20-38)28-32-26-9-8-24(17-27(26)33-28)39-29-31-12-10-25(34-29)22-3-2-11-30-18-22/h2-12,17-18,20H,13-16,19H2,1H3,(H,32,33). The van der Waals surface area contributed by atoms with Gasteiger partial charge in [0.25, 0.3) is 0 Å². The van der Waals surface area contributed by atoms with Crippen LogP contribution >= 0.6 is 0 Å². The summed E-state index contributed by atoms with van der Waals surface area (Å²) in [5.41, 5.74) is 4.98. The van der Waals surface area contributed by atoms with E-state index in [1.54, 1.807) is 30.7 Å². The Morgan fingerprint density at radius 3 is 2.62 bits per heavy atom. The summed E-state index contributed by atoms with van der Waals surface area (Å²) in [5, 5.41) is 0. The third-order valence-corrected chi connectivity index (χ3v) is 6.79. The van der Waals surface area contributed by atoms with E-state index >= 15 is 0 Å². The Balaban J connectivity index is 1.17. The maximum absolute atomic E-state index is 12.1. The van der Waals surface area contributed by atoms with Gasteiger partial charge in [0.1, 0.15) is 5.75 Å². The zero-order valence-electron chi connectivity index (χ0n) is 21.6. The number of aromatic amines is 1. The van der Waals surface area contributed by atoms with Gasteiger partial charge < -0.3 is 14.6 Å². The van der Waals surface area contributed by atoms with Crippen LogP contribution in [0.15, 0.2) is 79.3 Å². The molecule has 0 radical (unpaired) electrons. The Labute approximate surface area is 225 Å². The first kappa shape index (κ1) is 24.7. The van der Waals surface area contributed by atoms with Crippen LogP contribution in [0.4, 0.5) is 11.6 Å². The highest BCUT2D eigenvalue weighted by atomic mass is 16.5. The Kier molecular flexibility index (Phi) is 6.94. The number of rotatable bonds is 8. The Hall–Kier alpha value is -4.67. The van der Waals surface area contributed by atoms with Gasteiger partial charge in [-0.1, -0.05) is 12.1 Å². The molecule has 1 fully saturated rings. The van der Waals surface area contributed by atoms with Gasteiger partial charge in [-0.25, -0.2) is 9.97 Å². The van der Waals surface area contributed by atoms with Gasteiger partial charge in [-0.15, -0.1) is 0 Å². The number of anilines is 2. The SMILES string of the molecule is CN1CCN(Cc2ccc(N(C=O)c3nc4ccc(Oc5nccc(-c6cccnc6)n5)cc4[nH]3)cc2)CC1. The summed E-state index contributed by atoms with van der Waals surface area (Å²) in [7, 11) is 2.16. The van der Waals surface area contributed by atoms with Crippen molar-refractivity contribution in [3.05, 3.63) is 84.8 Å². The van der Waals surface area contributed by atoms with Gasteiger partial charge in [-0.2, -0.15) is 4.98 Å². The zero-order chi connectivity index (χ0) is 26.6. The van der Waals surface area contributed by atoms with E-state index in [2.05, 4.69) is 53.9 Å². The van der Waals surface area contributed by atoms with Crippen molar-refractivity contribution < 1.29 is 9.53 Å². The number of ether oxygens (including phenoxy) is 1. The number of nitrogens with one attached hydrogen (secondary N) is 1. The molecule has 5 aromatic rings. The molecule has 196 valence electrons. The van der Waals surface area contributed by atoms with Crippen molar-refractivity contribution in [2.45, 2.75) is 6.54 Å². The van der Waals surface area contributed by atoms with Crippen molar-refractivity contribution in [2.24, 2.45) is 0 Å². The third kappa shape index (κ3) is 5.62. The van der Waals surface area contributed by atoms with Crippen molar-refractivity contribution in [1.82, 2.24) is 34.7 Å².